The molecular formula is C21H24F3N7O6S2. The van der Waals surface area contributed by atoms with E-state index in [0.29, 0.717) is 25.2 Å². The Labute approximate surface area is 221 Å². The number of anilines is 4. The van der Waals surface area contributed by atoms with Gasteiger partial charge < -0.3 is 10.2 Å². The monoisotopic (exact) mass is 591 g/mol. The SMILES string of the molecule is C[C@@H](NC(=O)c1ccc2c(n1)N(C(=O)Nc1cc(NS(=O)(=O)CS(C)(=O)=O)ccn1)[C@H]1CCN2C1)C(F)(F)F. The molecule has 0 unspecified atom stereocenters. The molecule has 18 heteroatoms. The average molecular weight is 592 g/mol. The molecule has 4 heterocycles. The summed E-state index contributed by atoms with van der Waals surface area (Å²) in [5.74, 6) is -1.07. The highest BCUT2D eigenvalue weighted by atomic mass is 32.3. The van der Waals surface area contributed by atoms with Crippen LogP contribution in [0.1, 0.15) is 23.8 Å². The van der Waals surface area contributed by atoms with Gasteiger partial charge in [-0.05, 0) is 31.5 Å². The highest BCUT2D eigenvalue weighted by Crippen LogP contribution is 2.39. The minimum atomic E-state index is -4.65. The van der Waals surface area contributed by atoms with E-state index < -0.39 is 49.1 Å². The Morgan fingerprint density at radius 2 is 1.90 bits per heavy atom. The second-order valence-corrected chi connectivity index (χ2v) is 13.4. The maximum atomic E-state index is 13.3. The number of rotatable bonds is 7. The molecule has 2 bridgehead atoms. The van der Waals surface area contributed by atoms with Crippen molar-refractivity contribution in [3.63, 3.8) is 0 Å². The van der Waals surface area contributed by atoms with Crippen molar-refractivity contribution in [3.8, 4) is 0 Å². The summed E-state index contributed by atoms with van der Waals surface area (Å²) < 4.78 is 87.8. The molecule has 4 rings (SSSR count). The van der Waals surface area contributed by atoms with Crippen LogP contribution in [0, 0.1) is 0 Å². The number of carbonyl (C=O) groups excluding carboxylic acids is 2. The third-order valence-corrected chi connectivity index (χ3v) is 9.38. The summed E-state index contributed by atoms with van der Waals surface area (Å²) >= 11 is 0. The fourth-order valence-electron chi connectivity index (χ4n) is 4.17. The molecule has 1 fully saturated rings. The number of hydrogen-bond donors (Lipinski definition) is 3. The van der Waals surface area contributed by atoms with Crippen LogP contribution in [0.3, 0.4) is 0 Å². The molecule has 2 aliphatic rings. The van der Waals surface area contributed by atoms with Crippen LogP contribution in [0.25, 0.3) is 0 Å². The quantitative estimate of drug-likeness (QED) is 0.432. The Kier molecular flexibility index (Phi) is 7.37. The zero-order valence-electron chi connectivity index (χ0n) is 20.6. The number of fused-ring (bicyclic) bond motifs is 4. The topological polar surface area (TPSA) is 171 Å². The van der Waals surface area contributed by atoms with Crippen LogP contribution in [0.5, 0.6) is 0 Å². The first-order valence-corrected chi connectivity index (χ1v) is 15.1. The molecule has 0 radical (unpaired) electrons. The highest BCUT2D eigenvalue weighted by molar-refractivity contribution is 8.08. The Hall–Kier alpha value is -3.67. The third-order valence-electron chi connectivity index (χ3n) is 5.88. The van der Waals surface area contributed by atoms with Crippen LogP contribution in [-0.4, -0.2) is 81.4 Å². The standard InChI is InChI=1S/C21H24F3N7O6S2/c1-12(21(22,23)24)26-19(32)15-3-4-16-18(27-15)31(14-6-8-30(16)10-14)20(33)28-17-9-13(5-7-25-17)29-39(36,37)11-38(2,34)35/h3-5,7,9,12,14H,6,8,10-11H2,1-2H3,(H,26,32)(H2,25,28,29,33)/t12-,14+/m1/s1. The third kappa shape index (κ3) is 6.67. The van der Waals surface area contributed by atoms with E-state index in [4.69, 9.17) is 0 Å². The normalized spacial score (nSPS) is 17.8. The molecular weight excluding hydrogens is 567 g/mol. The number of nitrogens with zero attached hydrogens (tertiary/aromatic N) is 4. The second kappa shape index (κ2) is 10.1. The molecule has 2 aromatic rings. The van der Waals surface area contributed by atoms with Gasteiger partial charge in [0.05, 0.1) is 17.4 Å². The van der Waals surface area contributed by atoms with Gasteiger partial charge >= 0.3 is 12.2 Å². The number of nitrogens with one attached hydrogen (secondary N) is 3. The first kappa shape index (κ1) is 28.3. The van der Waals surface area contributed by atoms with Crippen LogP contribution in [0.4, 0.5) is 41.0 Å². The van der Waals surface area contributed by atoms with Gasteiger partial charge in [0.2, 0.25) is 10.0 Å². The molecule has 2 aromatic heterocycles. The molecule has 0 aromatic carbocycles. The lowest BCUT2D eigenvalue weighted by Crippen LogP contribution is -2.49. The molecule has 2 aliphatic heterocycles. The Bertz CT molecular complexity index is 1520. The molecule has 212 valence electrons. The van der Waals surface area contributed by atoms with Crippen molar-refractivity contribution in [2.24, 2.45) is 0 Å². The number of carbonyl (C=O) groups is 2. The number of aromatic nitrogens is 2. The van der Waals surface area contributed by atoms with E-state index in [1.54, 1.807) is 0 Å². The fourth-order valence-corrected chi connectivity index (χ4v) is 7.15. The van der Waals surface area contributed by atoms with Gasteiger partial charge in [0.15, 0.2) is 20.7 Å². The largest absolute Gasteiger partial charge is 0.408 e. The lowest BCUT2D eigenvalue weighted by molar-refractivity contribution is -0.149. The van der Waals surface area contributed by atoms with Crippen molar-refractivity contribution in [3.05, 3.63) is 36.2 Å². The van der Waals surface area contributed by atoms with E-state index >= 15 is 0 Å². The van der Waals surface area contributed by atoms with E-state index in [9.17, 15) is 39.6 Å². The van der Waals surface area contributed by atoms with E-state index in [1.165, 1.54) is 35.4 Å². The number of sulfonamides is 1. The van der Waals surface area contributed by atoms with Crippen molar-refractivity contribution in [2.45, 2.75) is 31.6 Å². The first-order chi connectivity index (χ1) is 18.0. The number of pyridine rings is 2. The molecule has 0 spiro atoms. The zero-order chi connectivity index (χ0) is 28.8. The molecule has 0 aliphatic carbocycles. The summed E-state index contributed by atoms with van der Waals surface area (Å²) in [4.78, 5) is 37.2. The Morgan fingerprint density at radius 3 is 2.56 bits per heavy atom. The number of sulfone groups is 1. The minimum absolute atomic E-state index is 0.0501. The summed E-state index contributed by atoms with van der Waals surface area (Å²) in [5, 5.41) is 3.22. The summed E-state index contributed by atoms with van der Waals surface area (Å²) in [5.41, 5.74) is 0.144. The molecule has 1 saturated heterocycles. The van der Waals surface area contributed by atoms with E-state index in [2.05, 4.69) is 20.0 Å². The molecule has 39 heavy (non-hydrogen) atoms. The number of urea groups is 1. The van der Waals surface area contributed by atoms with Crippen molar-refractivity contribution in [1.29, 1.82) is 0 Å². The minimum Gasteiger partial charge on any atom is -0.366 e. The maximum absolute atomic E-state index is 13.3. The maximum Gasteiger partial charge on any atom is 0.408 e. The van der Waals surface area contributed by atoms with Gasteiger partial charge in [0.1, 0.15) is 17.6 Å². The lowest BCUT2D eigenvalue weighted by atomic mass is 10.1. The van der Waals surface area contributed by atoms with Crippen LogP contribution >= 0.6 is 0 Å². The summed E-state index contributed by atoms with van der Waals surface area (Å²) in [6.07, 6.45) is -2.14. The number of hydrogen-bond acceptors (Lipinski definition) is 9. The number of amides is 3. The smallest absolute Gasteiger partial charge is 0.366 e. The van der Waals surface area contributed by atoms with Gasteiger partial charge in [-0.15, -0.1) is 0 Å². The molecule has 0 saturated carbocycles. The second-order valence-electron chi connectivity index (χ2n) is 9.15. The predicted octanol–water partition coefficient (Wildman–Crippen LogP) is 1.53. The van der Waals surface area contributed by atoms with Crippen LogP contribution in [0.15, 0.2) is 30.5 Å². The van der Waals surface area contributed by atoms with E-state index in [0.717, 1.165) is 13.2 Å². The van der Waals surface area contributed by atoms with Crippen LogP contribution < -0.4 is 25.2 Å². The van der Waals surface area contributed by atoms with Crippen molar-refractivity contribution < 1.29 is 39.6 Å². The van der Waals surface area contributed by atoms with Crippen LogP contribution in [0.2, 0.25) is 0 Å². The Balaban J connectivity index is 1.57. The average Bonchev–Trinajstić information content (AvgIpc) is 3.20. The van der Waals surface area contributed by atoms with Gasteiger partial charge in [-0.2, -0.15) is 13.2 Å². The fraction of sp³-hybridized carbons (Fsp3) is 0.429. The number of alkyl halides is 3. The Morgan fingerprint density at radius 1 is 1.18 bits per heavy atom. The van der Waals surface area contributed by atoms with Crippen molar-refractivity contribution in [1.82, 2.24) is 15.3 Å². The van der Waals surface area contributed by atoms with Crippen molar-refractivity contribution >= 4 is 54.8 Å². The van der Waals surface area contributed by atoms with E-state index in [-0.39, 0.29) is 29.1 Å². The summed E-state index contributed by atoms with van der Waals surface area (Å²) in [6, 6.07) is 2.02. The number of halogens is 3. The summed E-state index contributed by atoms with van der Waals surface area (Å²) in [7, 11) is -8.09. The van der Waals surface area contributed by atoms with Crippen molar-refractivity contribution in [2.75, 3.05) is 44.3 Å². The molecule has 2 atom stereocenters. The highest BCUT2D eigenvalue weighted by Gasteiger charge is 2.41. The van der Waals surface area contributed by atoms with Gasteiger partial charge in [-0.25, -0.2) is 31.6 Å². The molecule has 3 N–H and O–H groups in total. The van der Waals surface area contributed by atoms with Gasteiger partial charge in [-0.1, -0.05) is 0 Å². The van der Waals surface area contributed by atoms with Gasteiger partial charge in [0.25, 0.3) is 5.91 Å². The zero-order valence-corrected chi connectivity index (χ0v) is 22.2. The lowest BCUT2D eigenvalue weighted by Gasteiger charge is -2.35. The molecule has 13 nitrogen and oxygen atoms in total. The van der Waals surface area contributed by atoms with Gasteiger partial charge in [-0.3, -0.25) is 19.7 Å². The first-order valence-electron chi connectivity index (χ1n) is 11.4. The molecule has 3 amide bonds. The summed E-state index contributed by atoms with van der Waals surface area (Å²) in [6.45, 7) is 1.83. The van der Waals surface area contributed by atoms with E-state index in [1.807, 2.05) is 10.2 Å². The van der Waals surface area contributed by atoms with Gasteiger partial charge in [0, 0.05) is 31.6 Å². The predicted molar refractivity (Wildman–Crippen MR) is 136 cm³/mol. The van der Waals surface area contributed by atoms with Crippen LogP contribution in [-0.2, 0) is 19.9 Å².